The van der Waals surface area contributed by atoms with Gasteiger partial charge in [-0.25, -0.2) is 9.37 Å². The van der Waals surface area contributed by atoms with Crippen molar-refractivity contribution in [2.24, 2.45) is 5.92 Å². The van der Waals surface area contributed by atoms with Gasteiger partial charge in [0, 0.05) is 38.4 Å². The maximum atomic E-state index is 13.1. The van der Waals surface area contributed by atoms with E-state index in [-0.39, 0.29) is 23.0 Å². The average molecular weight is 461 g/mol. The maximum Gasteiger partial charge on any atom is 0.272 e. The molecule has 1 aromatic carbocycles. The highest BCUT2D eigenvalue weighted by Crippen LogP contribution is 2.23. The molecule has 1 saturated heterocycles. The summed E-state index contributed by atoms with van der Waals surface area (Å²) in [6, 6.07) is 8.29. The van der Waals surface area contributed by atoms with Gasteiger partial charge >= 0.3 is 0 Å². The summed E-state index contributed by atoms with van der Waals surface area (Å²) in [5.41, 5.74) is 1.63. The number of amides is 1. The van der Waals surface area contributed by atoms with E-state index < -0.39 is 0 Å². The van der Waals surface area contributed by atoms with Gasteiger partial charge < -0.3 is 9.80 Å². The van der Waals surface area contributed by atoms with Crippen LogP contribution in [0.15, 0.2) is 45.7 Å². The van der Waals surface area contributed by atoms with Crippen molar-refractivity contribution in [2.45, 2.75) is 25.5 Å². The minimum atomic E-state index is -0.250. The van der Waals surface area contributed by atoms with E-state index in [2.05, 4.69) is 23.7 Å². The summed E-state index contributed by atoms with van der Waals surface area (Å²) in [4.78, 5) is 34.4. The van der Waals surface area contributed by atoms with E-state index in [0.29, 0.717) is 54.0 Å². The molecular weight excluding hydrogens is 435 g/mol. The van der Waals surface area contributed by atoms with E-state index in [4.69, 9.17) is 0 Å². The van der Waals surface area contributed by atoms with Crippen molar-refractivity contribution in [1.82, 2.24) is 14.5 Å². The Kier molecular flexibility index (Phi) is 6.62. The summed E-state index contributed by atoms with van der Waals surface area (Å²) in [7, 11) is 0. The molecule has 1 aliphatic rings. The molecule has 0 saturated carbocycles. The Hall–Kier alpha value is -2.39. The molecule has 4 rings (SSSR count). The predicted molar refractivity (Wildman–Crippen MR) is 125 cm³/mol. The fourth-order valence-electron chi connectivity index (χ4n) is 3.64. The largest absolute Gasteiger partial charge is 0.368 e. The molecule has 0 N–H and O–H groups in total. The van der Waals surface area contributed by atoms with Crippen LogP contribution in [0, 0.1) is 11.7 Å². The summed E-state index contributed by atoms with van der Waals surface area (Å²) in [5.74, 6) is 0.335. The van der Waals surface area contributed by atoms with Gasteiger partial charge in [0.25, 0.3) is 5.56 Å². The first-order chi connectivity index (χ1) is 14.9. The van der Waals surface area contributed by atoms with E-state index in [1.807, 2.05) is 16.3 Å². The number of thiophene rings is 1. The average Bonchev–Trinajstić information content (AvgIpc) is 3.23. The third-order valence-electron chi connectivity index (χ3n) is 5.23. The Bertz CT molecular complexity index is 1120. The molecule has 164 valence electrons. The fourth-order valence-corrected chi connectivity index (χ4v) is 5.33. The number of fused-ring (bicyclic) bond motifs is 1. The molecule has 31 heavy (non-hydrogen) atoms. The molecule has 6 nitrogen and oxygen atoms in total. The second-order valence-corrected chi connectivity index (χ2v) is 9.83. The Morgan fingerprint density at radius 1 is 1.16 bits per heavy atom. The zero-order valence-electron chi connectivity index (χ0n) is 17.6. The van der Waals surface area contributed by atoms with Crippen molar-refractivity contribution in [3.63, 3.8) is 0 Å². The van der Waals surface area contributed by atoms with Gasteiger partial charge in [0.2, 0.25) is 5.91 Å². The molecule has 0 spiro atoms. The summed E-state index contributed by atoms with van der Waals surface area (Å²) in [5, 5.41) is 2.47. The summed E-state index contributed by atoms with van der Waals surface area (Å²) in [6.45, 7) is 7.35. The van der Waals surface area contributed by atoms with Crippen LogP contribution in [0.5, 0.6) is 0 Å². The van der Waals surface area contributed by atoms with E-state index >= 15 is 0 Å². The van der Waals surface area contributed by atoms with Gasteiger partial charge in [-0.05, 0) is 41.6 Å². The molecule has 3 heterocycles. The highest BCUT2D eigenvalue weighted by molar-refractivity contribution is 7.99. The molecule has 1 aliphatic heterocycles. The van der Waals surface area contributed by atoms with Crippen LogP contribution in [0.25, 0.3) is 10.2 Å². The number of nitrogens with zero attached hydrogens (tertiary/aromatic N) is 4. The molecule has 0 radical (unpaired) electrons. The lowest BCUT2D eigenvalue weighted by atomic mass is 10.2. The standard InChI is InChI=1S/C22H25FN4O2S2/c1-15(2)13-27-21(29)20-18(7-12-30-20)24-22(27)31-14-19(28)26-10-8-25(9-11-26)17-5-3-16(23)4-6-17/h3-7,12,15H,8-11,13-14H2,1-2H3. The molecule has 0 unspecified atom stereocenters. The number of carbonyl (C=O) groups excluding carboxylic acids is 1. The van der Waals surface area contributed by atoms with Gasteiger partial charge in [-0.3, -0.25) is 14.2 Å². The van der Waals surface area contributed by atoms with Crippen molar-refractivity contribution < 1.29 is 9.18 Å². The number of hydrogen-bond donors (Lipinski definition) is 0. The minimum absolute atomic E-state index is 0.0310. The normalized spacial score (nSPS) is 14.6. The molecule has 1 amide bonds. The SMILES string of the molecule is CC(C)Cn1c(SCC(=O)N2CCN(c3ccc(F)cc3)CC2)nc2ccsc2c1=O. The lowest BCUT2D eigenvalue weighted by molar-refractivity contribution is -0.128. The second-order valence-electron chi connectivity index (χ2n) is 7.97. The van der Waals surface area contributed by atoms with Crippen LogP contribution in [-0.4, -0.2) is 52.3 Å². The number of benzene rings is 1. The van der Waals surface area contributed by atoms with E-state index in [1.165, 1.54) is 35.2 Å². The van der Waals surface area contributed by atoms with Crippen LogP contribution in [0.3, 0.4) is 0 Å². The molecule has 2 aromatic heterocycles. The zero-order chi connectivity index (χ0) is 22.0. The fraction of sp³-hybridized carbons (Fsp3) is 0.409. The van der Waals surface area contributed by atoms with Gasteiger partial charge in [0.05, 0.1) is 11.3 Å². The van der Waals surface area contributed by atoms with Crippen LogP contribution in [0.4, 0.5) is 10.1 Å². The third-order valence-corrected chi connectivity index (χ3v) is 7.08. The first kappa shape index (κ1) is 21.8. The number of anilines is 1. The van der Waals surface area contributed by atoms with Crippen molar-refractivity contribution >= 4 is 44.9 Å². The smallest absolute Gasteiger partial charge is 0.272 e. The van der Waals surface area contributed by atoms with Crippen molar-refractivity contribution in [1.29, 1.82) is 0 Å². The first-order valence-corrected chi connectivity index (χ1v) is 12.2. The van der Waals surface area contributed by atoms with E-state index in [1.54, 1.807) is 16.7 Å². The van der Waals surface area contributed by atoms with Gasteiger partial charge in [-0.2, -0.15) is 0 Å². The molecular formula is C22H25FN4O2S2. The lowest BCUT2D eigenvalue weighted by Crippen LogP contribution is -2.49. The first-order valence-electron chi connectivity index (χ1n) is 10.3. The summed E-state index contributed by atoms with van der Waals surface area (Å²) in [6.07, 6.45) is 0. The third kappa shape index (κ3) is 4.93. The molecule has 0 bridgehead atoms. The summed E-state index contributed by atoms with van der Waals surface area (Å²) < 4.78 is 15.5. The molecule has 1 fully saturated rings. The van der Waals surface area contributed by atoms with Gasteiger partial charge in [-0.15, -0.1) is 11.3 Å². The van der Waals surface area contributed by atoms with Crippen LogP contribution >= 0.6 is 23.1 Å². The molecule has 9 heteroatoms. The Labute approximate surface area is 188 Å². The van der Waals surface area contributed by atoms with Gasteiger partial charge in [0.1, 0.15) is 10.5 Å². The van der Waals surface area contributed by atoms with Gasteiger partial charge in [-0.1, -0.05) is 25.6 Å². The van der Waals surface area contributed by atoms with E-state index in [0.717, 1.165) is 5.69 Å². The molecule has 0 aliphatic carbocycles. The second kappa shape index (κ2) is 9.40. The number of hydrogen-bond acceptors (Lipinski definition) is 6. The maximum absolute atomic E-state index is 13.1. The molecule has 0 atom stereocenters. The van der Waals surface area contributed by atoms with Crippen LogP contribution < -0.4 is 10.5 Å². The number of halogens is 1. The number of aromatic nitrogens is 2. The number of rotatable bonds is 6. The van der Waals surface area contributed by atoms with Crippen molar-refractivity contribution in [2.75, 3.05) is 36.8 Å². The van der Waals surface area contributed by atoms with Crippen molar-refractivity contribution in [3.05, 3.63) is 51.9 Å². The van der Waals surface area contributed by atoms with Crippen molar-refractivity contribution in [3.8, 4) is 0 Å². The molecule has 3 aromatic rings. The predicted octanol–water partition coefficient (Wildman–Crippen LogP) is 3.69. The number of carbonyl (C=O) groups is 1. The van der Waals surface area contributed by atoms with Crippen LogP contribution in [0.2, 0.25) is 0 Å². The van der Waals surface area contributed by atoms with E-state index in [9.17, 15) is 14.0 Å². The Morgan fingerprint density at radius 3 is 2.55 bits per heavy atom. The topological polar surface area (TPSA) is 58.4 Å². The number of thioether (sulfide) groups is 1. The monoisotopic (exact) mass is 460 g/mol. The quantitative estimate of drug-likeness (QED) is 0.415. The van der Waals surface area contributed by atoms with Crippen LogP contribution in [0.1, 0.15) is 13.8 Å². The summed E-state index contributed by atoms with van der Waals surface area (Å²) >= 11 is 2.74. The Balaban J connectivity index is 1.40. The van der Waals surface area contributed by atoms with Crippen LogP contribution in [-0.2, 0) is 11.3 Å². The highest BCUT2D eigenvalue weighted by atomic mass is 32.2. The highest BCUT2D eigenvalue weighted by Gasteiger charge is 2.22. The minimum Gasteiger partial charge on any atom is -0.368 e. The lowest BCUT2D eigenvalue weighted by Gasteiger charge is -2.36. The van der Waals surface area contributed by atoms with Gasteiger partial charge in [0.15, 0.2) is 5.16 Å². The Morgan fingerprint density at radius 2 is 1.87 bits per heavy atom. The zero-order valence-corrected chi connectivity index (χ0v) is 19.2. The number of piperazine rings is 1.